The Balaban J connectivity index is 1.52. The highest BCUT2D eigenvalue weighted by molar-refractivity contribution is 5.85. The Morgan fingerprint density at radius 2 is 1.97 bits per heavy atom. The van der Waals surface area contributed by atoms with Crippen molar-refractivity contribution in [2.45, 2.75) is 70.6 Å². The number of fused-ring (bicyclic) bond motifs is 3. The molecule has 2 aliphatic carbocycles. The lowest BCUT2D eigenvalue weighted by Crippen LogP contribution is -2.53. The van der Waals surface area contributed by atoms with Crippen molar-refractivity contribution in [3.63, 3.8) is 0 Å². The Morgan fingerprint density at radius 1 is 1.27 bits per heavy atom. The van der Waals surface area contributed by atoms with E-state index >= 15 is 0 Å². The van der Waals surface area contributed by atoms with Crippen molar-refractivity contribution in [2.24, 2.45) is 16.7 Å². The lowest BCUT2D eigenvalue weighted by molar-refractivity contribution is -0.197. The van der Waals surface area contributed by atoms with Crippen LogP contribution in [0, 0.1) is 16.7 Å². The van der Waals surface area contributed by atoms with Gasteiger partial charge in [0.1, 0.15) is 0 Å². The Kier molecular flexibility index (Phi) is 5.20. The molecule has 7 heteroatoms. The van der Waals surface area contributed by atoms with Crippen molar-refractivity contribution < 1.29 is 23.1 Å². The van der Waals surface area contributed by atoms with Crippen molar-refractivity contribution in [3.8, 4) is 0 Å². The van der Waals surface area contributed by atoms with Crippen molar-refractivity contribution in [1.82, 2.24) is 9.88 Å². The molecule has 4 nitrogen and oxygen atoms in total. The third-order valence-corrected chi connectivity index (χ3v) is 8.57. The zero-order chi connectivity index (χ0) is 23.6. The second kappa shape index (κ2) is 7.62. The molecule has 0 bridgehead atoms. The average Bonchev–Trinajstić information content (AvgIpc) is 3.44. The van der Waals surface area contributed by atoms with E-state index in [1.54, 1.807) is 6.08 Å². The van der Waals surface area contributed by atoms with Crippen LogP contribution >= 0.6 is 0 Å². The van der Waals surface area contributed by atoms with Gasteiger partial charge in [-0.25, -0.2) is 4.79 Å². The number of halogens is 3. The number of benzene rings is 1. The Hall–Kier alpha value is -2.28. The fourth-order valence-corrected chi connectivity index (χ4v) is 6.34. The number of H-pyrrole nitrogens is 1. The predicted molar refractivity (Wildman–Crippen MR) is 121 cm³/mol. The van der Waals surface area contributed by atoms with Crippen LogP contribution in [0.4, 0.5) is 13.2 Å². The number of alkyl halides is 3. The predicted octanol–water partition coefficient (Wildman–Crippen LogP) is 6.25. The van der Waals surface area contributed by atoms with E-state index in [-0.39, 0.29) is 42.8 Å². The highest BCUT2D eigenvalue weighted by atomic mass is 19.4. The van der Waals surface area contributed by atoms with E-state index in [0.717, 1.165) is 42.3 Å². The molecule has 0 saturated heterocycles. The molecule has 178 valence electrons. The van der Waals surface area contributed by atoms with Crippen molar-refractivity contribution in [3.05, 3.63) is 47.7 Å². The molecule has 0 amide bonds. The second-order valence-electron chi connectivity index (χ2n) is 10.6. The van der Waals surface area contributed by atoms with Gasteiger partial charge in [0.2, 0.25) is 0 Å². The first kappa shape index (κ1) is 22.5. The maximum Gasteiger partial charge on any atom is 0.395 e. The summed E-state index contributed by atoms with van der Waals surface area (Å²) in [6, 6.07) is 8.00. The van der Waals surface area contributed by atoms with Crippen molar-refractivity contribution in [2.75, 3.05) is 6.54 Å². The van der Waals surface area contributed by atoms with Gasteiger partial charge < -0.3 is 10.1 Å². The molecule has 2 fully saturated rings. The first-order chi connectivity index (χ1) is 15.6. The number of allylic oxidation sites excluding steroid dienone is 1. The van der Waals surface area contributed by atoms with E-state index in [1.807, 2.05) is 18.2 Å². The maximum absolute atomic E-state index is 13.9. The zero-order valence-electron chi connectivity index (χ0n) is 19.1. The van der Waals surface area contributed by atoms with Crippen LogP contribution in [0.5, 0.6) is 0 Å². The number of aromatic nitrogens is 1. The van der Waals surface area contributed by atoms with Gasteiger partial charge in [-0.2, -0.15) is 13.2 Å². The minimum Gasteiger partial charge on any atom is -0.478 e. The highest BCUT2D eigenvalue weighted by Crippen LogP contribution is 2.62. The third-order valence-electron chi connectivity index (χ3n) is 8.57. The van der Waals surface area contributed by atoms with E-state index in [9.17, 15) is 18.0 Å². The van der Waals surface area contributed by atoms with E-state index in [0.29, 0.717) is 0 Å². The molecule has 33 heavy (non-hydrogen) atoms. The van der Waals surface area contributed by atoms with Crippen LogP contribution in [0.3, 0.4) is 0 Å². The molecule has 0 radical (unpaired) electrons. The van der Waals surface area contributed by atoms with Gasteiger partial charge in [0.15, 0.2) is 0 Å². The van der Waals surface area contributed by atoms with E-state index in [4.69, 9.17) is 5.11 Å². The number of aliphatic carboxylic acids is 1. The molecular formula is C26H31F3N2O2. The molecule has 5 rings (SSSR count). The smallest absolute Gasteiger partial charge is 0.395 e. The number of carboxylic acid groups (broad SMARTS) is 1. The van der Waals surface area contributed by atoms with Gasteiger partial charge in [-0.15, -0.1) is 0 Å². The van der Waals surface area contributed by atoms with E-state index < -0.39 is 17.6 Å². The monoisotopic (exact) mass is 460 g/mol. The summed E-state index contributed by atoms with van der Waals surface area (Å²) in [4.78, 5) is 16.8. The van der Waals surface area contributed by atoms with Gasteiger partial charge in [-0.05, 0) is 68.4 Å². The number of rotatable bonds is 6. The van der Waals surface area contributed by atoms with Crippen LogP contribution in [0.1, 0.15) is 63.3 Å². The van der Waals surface area contributed by atoms with Crippen LogP contribution in [0.25, 0.3) is 10.9 Å². The van der Waals surface area contributed by atoms with E-state index in [1.165, 1.54) is 11.6 Å². The van der Waals surface area contributed by atoms with Gasteiger partial charge in [0, 0.05) is 35.3 Å². The molecule has 1 aromatic carbocycles. The van der Waals surface area contributed by atoms with Gasteiger partial charge in [-0.1, -0.05) is 31.2 Å². The number of hydrogen-bond donors (Lipinski definition) is 2. The largest absolute Gasteiger partial charge is 0.478 e. The van der Waals surface area contributed by atoms with Gasteiger partial charge in [-0.3, -0.25) is 4.90 Å². The molecule has 2 unspecified atom stereocenters. The molecule has 2 saturated carbocycles. The summed E-state index contributed by atoms with van der Waals surface area (Å²) in [5, 5.41) is 10.3. The summed E-state index contributed by atoms with van der Waals surface area (Å²) < 4.78 is 41.8. The molecule has 3 aliphatic rings. The number of carboxylic acids is 1. The number of hydrogen-bond acceptors (Lipinski definition) is 2. The van der Waals surface area contributed by atoms with Crippen molar-refractivity contribution >= 4 is 16.9 Å². The molecule has 1 aromatic heterocycles. The summed E-state index contributed by atoms with van der Waals surface area (Å²) in [6.07, 6.45) is 2.37. The number of carbonyl (C=O) groups is 1. The lowest BCUT2D eigenvalue weighted by atomic mass is 9.57. The van der Waals surface area contributed by atoms with Gasteiger partial charge in [0.05, 0.1) is 11.5 Å². The number of nitrogens with zero attached hydrogens (tertiary/aromatic N) is 1. The molecule has 2 aromatic rings. The average molecular weight is 461 g/mol. The lowest BCUT2D eigenvalue weighted by Gasteiger charge is -2.54. The first-order valence-corrected chi connectivity index (χ1v) is 11.9. The molecule has 2 N–H and O–H groups in total. The highest BCUT2D eigenvalue weighted by Gasteiger charge is 2.65. The summed E-state index contributed by atoms with van der Waals surface area (Å²) in [5.74, 6) is -0.778. The Bertz CT molecular complexity index is 1090. The quantitative estimate of drug-likeness (QED) is 0.502. The van der Waals surface area contributed by atoms with Crippen LogP contribution < -0.4 is 0 Å². The summed E-state index contributed by atoms with van der Waals surface area (Å²) in [7, 11) is 0. The third kappa shape index (κ3) is 3.69. The molecule has 2 heterocycles. The van der Waals surface area contributed by atoms with E-state index in [2.05, 4.69) is 29.8 Å². The number of aromatic amines is 1. The minimum atomic E-state index is -4.19. The van der Waals surface area contributed by atoms with Gasteiger partial charge >= 0.3 is 12.1 Å². The Morgan fingerprint density at radius 3 is 2.58 bits per heavy atom. The second-order valence-corrected chi connectivity index (χ2v) is 10.6. The Labute approximate surface area is 191 Å². The van der Waals surface area contributed by atoms with Crippen LogP contribution in [0.2, 0.25) is 0 Å². The summed E-state index contributed by atoms with van der Waals surface area (Å²) in [6.45, 7) is 4.15. The zero-order valence-corrected chi connectivity index (χ0v) is 19.1. The number of nitrogens with one attached hydrogen (secondary N) is 1. The topological polar surface area (TPSA) is 56.3 Å². The number of para-hydroxylation sites is 1. The summed E-state index contributed by atoms with van der Waals surface area (Å²) >= 11 is 0. The normalized spacial score (nSPS) is 31.5. The molecule has 2 atom stereocenters. The van der Waals surface area contributed by atoms with Crippen molar-refractivity contribution in [1.29, 1.82) is 0 Å². The van der Waals surface area contributed by atoms with Crippen LogP contribution in [-0.4, -0.2) is 39.7 Å². The fraction of sp³-hybridized carbons (Fsp3) is 0.577. The first-order valence-electron chi connectivity index (χ1n) is 11.9. The standard InChI is InChI=1S/C26H31F3N2O2/c1-3-24(9-8-21(32)33)13-17(14-24)23-22-19(18-6-4-5-7-20(18)30-22)12-16(2)31(23)15-25(10-11-25)26(27,28)29/h4-9,16-17,23,30H,3,10-15H2,1-2H3,(H,32,33)/b9-8+. The maximum atomic E-state index is 13.9. The summed E-state index contributed by atoms with van der Waals surface area (Å²) in [5.41, 5.74) is 1.54. The molecular weight excluding hydrogens is 429 g/mol. The van der Waals surface area contributed by atoms with Crippen LogP contribution in [-0.2, 0) is 11.2 Å². The minimum absolute atomic E-state index is 0.00715. The molecule has 1 aliphatic heterocycles. The van der Waals surface area contributed by atoms with Gasteiger partial charge in [0.25, 0.3) is 0 Å². The van der Waals surface area contributed by atoms with Crippen LogP contribution in [0.15, 0.2) is 36.4 Å². The fourth-order valence-electron chi connectivity index (χ4n) is 6.34. The molecule has 0 spiro atoms. The SMILES string of the molecule is CCC1(/C=C/C(=O)O)CC(C2c3[nH]c4ccccc4c3CC(C)N2CC2(C(F)(F)F)CC2)C1.